The van der Waals surface area contributed by atoms with Crippen LogP contribution in [0.3, 0.4) is 0 Å². The van der Waals surface area contributed by atoms with Gasteiger partial charge in [0, 0.05) is 31.8 Å². The van der Waals surface area contributed by atoms with Gasteiger partial charge in [-0.05, 0) is 12.1 Å². The Morgan fingerprint density at radius 1 is 1.37 bits per heavy atom. The number of nitrogens with zero attached hydrogens (tertiary/aromatic N) is 1. The van der Waals surface area contributed by atoms with Crippen molar-refractivity contribution in [2.24, 2.45) is 5.73 Å². The molecule has 0 atom stereocenters. The van der Waals surface area contributed by atoms with Crippen LogP contribution in [0.25, 0.3) is 0 Å². The molecule has 4 N–H and O–H groups in total. The van der Waals surface area contributed by atoms with E-state index in [1.165, 1.54) is 31.2 Å². The van der Waals surface area contributed by atoms with Crippen molar-refractivity contribution in [1.29, 1.82) is 0 Å². The normalized spacial score (nSPS) is 9.79. The fraction of sp³-hybridized carbons (Fsp3) is 0.250. The Morgan fingerprint density at radius 3 is 2.58 bits per heavy atom. The number of nitrogens with two attached hydrogens (primary N) is 1. The third-order valence-electron chi connectivity index (χ3n) is 2.28. The monoisotopic (exact) mass is 265 g/mol. The Morgan fingerprint density at radius 2 is 2.05 bits per heavy atom. The predicted molar refractivity (Wildman–Crippen MR) is 68.2 cm³/mol. The summed E-state index contributed by atoms with van der Waals surface area (Å²) in [6, 6.07) is 5.73. The van der Waals surface area contributed by atoms with Crippen LogP contribution in [0, 0.1) is 0 Å². The Balaban J connectivity index is 2.76. The highest BCUT2D eigenvalue weighted by Crippen LogP contribution is 2.15. The lowest BCUT2D eigenvalue weighted by Gasteiger charge is -2.17. The van der Waals surface area contributed by atoms with E-state index in [9.17, 15) is 19.5 Å². The molecule has 1 aromatic rings. The number of rotatable bonds is 3. The van der Waals surface area contributed by atoms with Gasteiger partial charge in [0.2, 0.25) is 5.91 Å². The lowest BCUT2D eigenvalue weighted by molar-refractivity contribution is -0.149. The molecule has 0 aromatic heterocycles. The number of aromatic hydroxyl groups is 1. The zero-order valence-electron chi connectivity index (χ0n) is 10.4. The van der Waals surface area contributed by atoms with Gasteiger partial charge in [-0.2, -0.15) is 0 Å². The van der Waals surface area contributed by atoms with Crippen molar-refractivity contribution in [2.75, 3.05) is 18.4 Å². The zero-order valence-corrected chi connectivity index (χ0v) is 10.4. The van der Waals surface area contributed by atoms with E-state index in [0.29, 0.717) is 0 Å². The number of hydrogen-bond acceptors (Lipinski definition) is 5. The van der Waals surface area contributed by atoms with Crippen LogP contribution in [0.4, 0.5) is 5.69 Å². The molecule has 19 heavy (non-hydrogen) atoms. The highest BCUT2D eigenvalue weighted by molar-refractivity contribution is 6.41. The summed E-state index contributed by atoms with van der Waals surface area (Å²) < 4.78 is 0. The molecule has 7 nitrogen and oxygen atoms in total. The van der Waals surface area contributed by atoms with Gasteiger partial charge in [0.15, 0.2) is 0 Å². The van der Waals surface area contributed by atoms with Gasteiger partial charge in [-0.1, -0.05) is 6.07 Å². The van der Waals surface area contributed by atoms with Gasteiger partial charge in [0.1, 0.15) is 5.75 Å². The molecular formula is C12H15N3O4. The van der Waals surface area contributed by atoms with Crippen LogP contribution in [0.1, 0.15) is 6.92 Å². The molecule has 3 amide bonds. The van der Waals surface area contributed by atoms with E-state index in [1.807, 2.05) is 0 Å². The summed E-state index contributed by atoms with van der Waals surface area (Å²) in [5.41, 5.74) is 5.53. The standard InChI is InChI=1S/C12H15N3O4/c1-8(16)15(6-5-13)12(19)11(18)14-9-3-2-4-10(17)7-9/h2-4,7,17H,5-6,13H2,1H3,(H,14,18). The number of nitrogens with one attached hydrogen (secondary N) is 1. The molecule has 0 aliphatic carbocycles. The number of imide groups is 1. The first kappa shape index (κ1) is 14.7. The maximum Gasteiger partial charge on any atom is 0.318 e. The molecular weight excluding hydrogens is 250 g/mol. The fourth-order valence-corrected chi connectivity index (χ4v) is 1.42. The van der Waals surface area contributed by atoms with Gasteiger partial charge in [-0.25, -0.2) is 0 Å². The van der Waals surface area contributed by atoms with E-state index in [2.05, 4.69) is 5.32 Å². The molecule has 0 radical (unpaired) electrons. The summed E-state index contributed by atoms with van der Waals surface area (Å²) >= 11 is 0. The number of hydrogen-bond donors (Lipinski definition) is 3. The SMILES string of the molecule is CC(=O)N(CCN)C(=O)C(=O)Nc1cccc(O)c1. The maximum atomic E-state index is 11.7. The Labute approximate surface area is 110 Å². The van der Waals surface area contributed by atoms with E-state index in [0.717, 1.165) is 4.90 Å². The highest BCUT2D eigenvalue weighted by Gasteiger charge is 2.24. The summed E-state index contributed by atoms with van der Waals surface area (Å²) in [7, 11) is 0. The molecule has 0 aliphatic heterocycles. The molecule has 1 aromatic carbocycles. The summed E-state index contributed by atoms with van der Waals surface area (Å²) in [6.45, 7) is 1.22. The molecule has 0 fully saturated rings. The first-order valence-electron chi connectivity index (χ1n) is 5.58. The van der Waals surface area contributed by atoms with Crippen molar-refractivity contribution in [3.8, 4) is 5.75 Å². The average molecular weight is 265 g/mol. The second-order valence-corrected chi connectivity index (χ2v) is 3.77. The van der Waals surface area contributed by atoms with Crippen molar-refractivity contribution in [1.82, 2.24) is 4.90 Å². The number of phenols is 1. The van der Waals surface area contributed by atoms with Crippen LogP contribution in [-0.2, 0) is 14.4 Å². The van der Waals surface area contributed by atoms with Gasteiger partial charge in [-0.15, -0.1) is 0 Å². The zero-order chi connectivity index (χ0) is 14.4. The minimum absolute atomic E-state index is 0.0262. The van der Waals surface area contributed by atoms with Crippen molar-refractivity contribution < 1.29 is 19.5 Å². The smallest absolute Gasteiger partial charge is 0.318 e. The molecule has 0 saturated carbocycles. The average Bonchev–Trinajstić information content (AvgIpc) is 2.34. The number of amides is 3. The van der Waals surface area contributed by atoms with Crippen LogP contribution < -0.4 is 11.1 Å². The topological polar surface area (TPSA) is 113 Å². The minimum Gasteiger partial charge on any atom is -0.508 e. The first-order valence-corrected chi connectivity index (χ1v) is 5.58. The molecule has 0 saturated heterocycles. The van der Waals surface area contributed by atoms with E-state index >= 15 is 0 Å². The van der Waals surface area contributed by atoms with Crippen LogP contribution in [0.5, 0.6) is 5.75 Å². The summed E-state index contributed by atoms with van der Waals surface area (Å²) in [4.78, 5) is 35.4. The Kier molecular flexibility index (Phi) is 5.01. The Bertz CT molecular complexity index is 502. The van der Waals surface area contributed by atoms with E-state index in [-0.39, 0.29) is 24.5 Å². The molecule has 7 heteroatoms. The van der Waals surface area contributed by atoms with Crippen molar-refractivity contribution in [3.05, 3.63) is 24.3 Å². The number of anilines is 1. The number of phenolic OH excluding ortho intramolecular Hbond substituents is 1. The highest BCUT2D eigenvalue weighted by atomic mass is 16.3. The van der Waals surface area contributed by atoms with Crippen LogP contribution in [-0.4, -0.2) is 40.8 Å². The number of benzene rings is 1. The molecule has 102 valence electrons. The minimum atomic E-state index is -0.985. The molecule has 0 heterocycles. The van der Waals surface area contributed by atoms with Crippen LogP contribution >= 0.6 is 0 Å². The van der Waals surface area contributed by atoms with E-state index in [1.54, 1.807) is 0 Å². The number of carbonyl (C=O) groups is 3. The van der Waals surface area contributed by atoms with E-state index in [4.69, 9.17) is 5.73 Å². The molecule has 0 unspecified atom stereocenters. The van der Waals surface area contributed by atoms with E-state index < -0.39 is 17.7 Å². The maximum absolute atomic E-state index is 11.7. The second-order valence-electron chi connectivity index (χ2n) is 3.77. The third-order valence-corrected chi connectivity index (χ3v) is 2.28. The second kappa shape index (κ2) is 6.50. The first-order chi connectivity index (χ1) is 8.95. The van der Waals surface area contributed by atoms with Gasteiger partial charge >= 0.3 is 11.8 Å². The Hall–Kier alpha value is -2.41. The van der Waals surface area contributed by atoms with Gasteiger partial charge in [-0.3, -0.25) is 19.3 Å². The molecule has 0 spiro atoms. The van der Waals surface area contributed by atoms with Gasteiger partial charge < -0.3 is 16.2 Å². The number of carbonyl (C=O) groups excluding carboxylic acids is 3. The quantitative estimate of drug-likeness (QED) is 0.647. The molecule has 1 rings (SSSR count). The molecule has 0 aliphatic rings. The van der Waals surface area contributed by atoms with Crippen LogP contribution in [0.15, 0.2) is 24.3 Å². The lowest BCUT2D eigenvalue weighted by atomic mass is 10.3. The third kappa shape index (κ3) is 4.07. The van der Waals surface area contributed by atoms with Crippen molar-refractivity contribution >= 4 is 23.4 Å². The van der Waals surface area contributed by atoms with Crippen molar-refractivity contribution in [3.63, 3.8) is 0 Å². The fourth-order valence-electron chi connectivity index (χ4n) is 1.42. The lowest BCUT2D eigenvalue weighted by Crippen LogP contribution is -2.44. The largest absolute Gasteiger partial charge is 0.508 e. The predicted octanol–water partition coefficient (Wildman–Crippen LogP) is -0.336. The van der Waals surface area contributed by atoms with Crippen LogP contribution in [0.2, 0.25) is 0 Å². The summed E-state index contributed by atoms with van der Waals surface area (Å²) in [6.07, 6.45) is 0. The molecule has 0 bridgehead atoms. The van der Waals surface area contributed by atoms with Crippen molar-refractivity contribution in [2.45, 2.75) is 6.92 Å². The summed E-state index contributed by atoms with van der Waals surface area (Å²) in [5.74, 6) is -2.55. The van der Waals surface area contributed by atoms with Gasteiger partial charge in [0.25, 0.3) is 0 Å². The summed E-state index contributed by atoms with van der Waals surface area (Å²) in [5, 5.41) is 11.5. The van der Waals surface area contributed by atoms with Gasteiger partial charge in [0.05, 0.1) is 0 Å².